The molecule has 1 aliphatic rings. The van der Waals surface area contributed by atoms with Gasteiger partial charge >= 0.3 is 0 Å². The zero-order valence-corrected chi connectivity index (χ0v) is 18.3. The molecular weight excluding hydrogens is 416 g/mol. The molecule has 0 aliphatic carbocycles. The average Bonchev–Trinajstić information content (AvgIpc) is 2.76. The molecule has 2 aromatic carbocycles. The summed E-state index contributed by atoms with van der Waals surface area (Å²) in [4.78, 5) is 41.0. The summed E-state index contributed by atoms with van der Waals surface area (Å²) in [6, 6.07) is 13.8. The van der Waals surface area contributed by atoms with E-state index in [1.807, 2.05) is 6.07 Å². The van der Waals surface area contributed by atoms with Gasteiger partial charge in [-0.1, -0.05) is 23.7 Å². The number of amides is 3. The largest absolute Gasteiger partial charge is 0.370 e. The normalized spacial score (nSPS) is 14.8. The highest BCUT2D eigenvalue weighted by molar-refractivity contribution is 6.30. The van der Waals surface area contributed by atoms with Crippen LogP contribution in [-0.4, -0.2) is 54.8 Å². The summed E-state index contributed by atoms with van der Waals surface area (Å²) in [5, 5.41) is 3.28. The van der Waals surface area contributed by atoms with E-state index in [9.17, 15) is 14.4 Å². The van der Waals surface area contributed by atoms with Crippen LogP contribution in [0.3, 0.4) is 0 Å². The van der Waals surface area contributed by atoms with E-state index in [4.69, 9.17) is 17.3 Å². The number of hydrogen-bond acceptors (Lipinski definition) is 4. The number of nitrogens with one attached hydrogen (secondary N) is 1. The maximum absolute atomic E-state index is 13.1. The van der Waals surface area contributed by atoms with Crippen LogP contribution in [0.2, 0.25) is 5.02 Å². The van der Waals surface area contributed by atoms with Crippen molar-refractivity contribution in [3.05, 3.63) is 64.7 Å². The van der Waals surface area contributed by atoms with Crippen LogP contribution >= 0.6 is 11.6 Å². The van der Waals surface area contributed by atoms with Gasteiger partial charge in [-0.3, -0.25) is 14.4 Å². The minimum Gasteiger partial charge on any atom is -0.370 e. The van der Waals surface area contributed by atoms with E-state index in [-0.39, 0.29) is 18.7 Å². The van der Waals surface area contributed by atoms with Crippen LogP contribution in [0, 0.1) is 6.92 Å². The first-order chi connectivity index (χ1) is 14.8. The van der Waals surface area contributed by atoms with E-state index in [0.29, 0.717) is 36.8 Å². The Morgan fingerprint density at radius 3 is 2.35 bits per heavy atom. The van der Waals surface area contributed by atoms with Crippen molar-refractivity contribution in [2.45, 2.75) is 25.8 Å². The van der Waals surface area contributed by atoms with E-state index < -0.39 is 17.9 Å². The van der Waals surface area contributed by atoms with Gasteiger partial charge in [-0.05, 0) is 55.3 Å². The van der Waals surface area contributed by atoms with E-state index in [1.165, 1.54) is 5.56 Å². The van der Waals surface area contributed by atoms with Gasteiger partial charge in [0.05, 0.1) is 0 Å². The molecule has 0 bridgehead atoms. The highest BCUT2D eigenvalue weighted by atomic mass is 35.5. The topological polar surface area (TPSA) is 95.7 Å². The number of rotatable bonds is 7. The molecule has 8 heteroatoms. The molecule has 3 rings (SSSR count). The van der Waals surface area contributed by atoms with Gasteiger partial charge in [0.2, 0.25) is 11.8 Å². The molecule has 1 fully saturated rings. The van der Waals surface area contributed by atoms with E-state index in [1.54, 1.807) is 29.2 Å². The molecule has 2 aromatic rings. The van der Waals surface area contributed by atoms with Crippen LogP contribution in [-0.2, 0) is 9.59 Å². The van der Waals surface area contributed by atoms with E-state index in [0.717, 1.165) is 5.69 Å². The average molecular weight is 443 g/mol. The van der Waals surface area contributed by atoms with Gasteiger partial charge in [-0.2, -0.15) is 0 Å². The molecule has 3 amide bonds. The van der Waals surface area contributed by atoms with Crippen LogP contribution in [0.5, 0.6) is 0 Å². The third kappa shape index (κ3) is 6.21. The molecular formula is C23H27ClN4O3. The minimum absolute atomic E-state index is 0.0144. The number of hydrogen-bond donors (Lipinski definition) is 2. The third-order valence-electron chi connectivity index (χ3n) is 5.35. The number of halogens is 1. The van der Waals surface area contributed by atoms with Crippen LogP contribution in [0.4, 0.5) is 5.69 Å². The minimum atomic E-state index is -0.818. The molecule has 164 valence electrons. The lowest BCUT2D eigenvalue weighted by atomic mass is 10.1. The number of carbonyl (C=O) groups excluding carboxylic acids is 3. The van der Waals surface area contributed by atoms with Gasteiger partial charge in [-0.15, -0.1) is 0 Å². The van der Waals surface area contributed by atoms with Crippen molar-refractivity contribution in [2.75, 3.05) is 31.1 Å². The monoisotopic (exact) mass is 442 g/mol. The molecule has 0 aromatic heterocycles. The molecule has 7 nitrogen and oxygen atoms in total. The first kappa shape index (κ1) is 22.6. The van der Waals surface area contributed by atoms with Gasteiger partial charge < -0.3 is 20.9 Å². The predicted molar refractivity (Wildman–Crippen MR) is 121 cm³/mol. The van der Waals surface area contributed by atoms with Crippen molar-refractivity contribution in [3.8, 4) is 0 Å². The Hall–Kier alpha value is -3.06. The number of anilines is 1. The molecule has 0 unspecified atom stereocenters. The molecule has 1 saturated heterocycles. The highest BCUT2D eigenvalue weighted by Gasteiger charge is 2.29. The molecule has 0 spiro atoms. The molecule has 0 saturated carbocycles. The quantitative estimate of drug-likeness (QED) is 0.688. The highest BCUT2D eigenvalue weighted by Crippen LogP contribution is 2.18. The van der Waals surface area contributed by atoms with Crippen molar-refractivity contribution < 1.29 is 14.4 Å². The maximum atomic E-state index is 13.1. The smallest absolute Gasteiger partial charge is 0.251 e. The van der Waals surface area contributed by atoms with Gasteiger partial charge in [0.25, 0.3) is 5.91 Å². The fourth-order valence-electron chi connectivity index (χ4n) is 3.62. The SMILES string of the molecule is Cc1cccc(N2CCN(C(=O)[C@H](CCC(N)=O)NC(=O)c3ccc(Cl)cc3)CC2)c1. The molecule has 3 N–H and O–H groups in total. The second kappa shape index (κ2) is 10.3. The molecule has 1 atom stereocenters. The first-order valence-electron chi connectivity index (χ1n) is 10.3. The van der Waals surface area contributed by atoms with Crippen LogP contribution in [0.15, 0.2) is 48.5 Å². The van der Waals surface area contributed by atoms with E-state index in [2.05, 4.69) is 35.3 Å². The molecule has 1 aliphatic heterocycles. The van der Waals surface area contributed by atoms with Crippen molar-refractivity contribution in [3.63, 3.8) is 0 Å². The second-order valence-corrected chi connectivity index (χ2v) is 8.13. The lowest BCUT2D eigenvalue weighted by Gasteiger charge is -2.37. The summed E-state index contributed by atoms with van der Waals surface area (Å²) >= 11 is 5.88. The van der Waals surface area contributed by atoms with Crippen molar-refractivity contribution in [1.82, 2.24) is 10.2 Å². The Kier molecular flexibility index (Phi) is 7.52. The van der Waals surface area contributed by atoms with Gasteiger partial charge in [0.1, 0.15) is 6.04 Å². The van der Waals surface area contributed by atoms with E-state index >= 15 is 0 Å². The third-order valence-corrected chi connectivity index (χ3v) is 5.60. The number of benzene rings is 2. The van der Waals surface area contributed by atoms with Gasteiger partial charge in [0, 0.05) is 48.9 Å². The van der Waals surface area contributed by atoms with Crippen molar-refractivity contribution in [1.29, 1.82) is 0 Å². The summed E-state index contributed by atoms with van der Waals surface area (Å²) in [5.41, 5.74) is 7.99. The fourth-order valence-corrected chi connectivity index (χ4v) is 3.74. The number of primary amides is 1. The zero-order chi connectivity index (χ0) is 22.4. The molecule has 31 heavy (non-hydrogen) atoms. The Balaban J connectivity index is 1.64. The summed E-state index contributed by atoms with van der Waals surface area (Å²) in [7, 11) is 0. The summed E-state index contributed by atoms with van der Waals surface area (Å²) in [6.45, 7) is 4.52. The van der Waals surface area contributed by atoms with Crippen LogP contribution in [0.25, 0.3) is 0 Å². The lowest BCUT2D eigenvalue weighted by molar-refractivity contribution is -0.133. The van der Waals surface area contributed by atoms with Gasteiger partial charge in [0.15, 0.2) is 0 Å². The summed E-state index contributed by atoms with van der Waals surface area (Å²) in [6.07, 6.45) is 0.173. The van der Waals surface area contributed by atoms with Gasteiger partial charge in [-0.25, -0.2) is 0 Å². The maximum Gasteiger partial charge on any atom is 0.251 e. The predicted octanol–water partition coefficient (Wildman–Crippen LogP) is 2.36. The van der Waals surface area contributed by atoms with Crippen molar-refractivity contribution >= 4 is 35.0 Å². The fraction of sp³-hybridized carbons (Fsp3) is 0.348. The second-order valence-electron chi connectivity index (χ2n) is 7.69. The number of nitrogens with two attached hydrogens (primary N) is 1. The number of piperazine rings is 1. The Morgan fingerprint density at radius 2 is 1.74 bits per heavy atom. The Labute approximate surface area is 187 Å². The summed E-state index contributed by atoms with van der Waals surface area (Å²) < 4.78 is 0. The number of nitrogens with zero attached hydrogens (tertiary/aromatic N) is 2. The first-order valence-corrected chi connectivity index (χ1v) is 10.7. The number of carbonyl (C=O) groups is 3. The lowest BCUT2D eigenvalue weighted by Crippen LogP contribution is -2.55. The van der Waals surface area contributed by atoms with Crippen LogP contribution in [0.1, 0.15) is 28.8 Å². The Morgan fingerprint density at radius 1 is 1.06 bits per heavy atom. The standard InChI is InChI=1S/C23H27ClN4O3/c1-16-3-2-4-19(15-16)27-11-13-28(14-12-27)23(31)20(9-10-21(25)29)26-22(30)17-5-7-18(24)8-6-17/h2-8,15,20H,9-14H2,1H3,(H2,25,29)(H,26,30)/t20-/m0/s1. The Bertz CT molecular complexity index is 940. The molecule has 0 radical (unpaired) electrons. The van der Waals surface area contributed by atoms with Crippen molar-refractivity contribution in [2.24, 2.45) is 5.73 Å². The summed E-state index contributed by atoms with van der Waals surface area (Å²) in [5.74, 6) is -1.10. The van der Waals surface area contributed by atoms with Crippen LogP contribution < -0.4 is 16.0 Å². The molecule has 1 heterocycles. The number of aryl methyl sites for hydroxylation is 1. The zero-order valence-electron chi connectivity index (χ0n) is 17.5.